The van der Waals surface area contributed by atoms with Crippen LogP contribution in [0.4, 0.5) is 0 Å². The maximum Gasteiger partial charge on any atom is 0.314 e. The van der Waals surface area contributed by atoms with E-state index in [1.807, 2.05) is 30.3 Å². The van der Waals surface area contributed by atoms with Crippen molar-refractivity contribution in [1.82, 2.24) is 4.90 Å². The SMILES string of the molecule is CCOC(=O)CC(Cc1ccccc1)(CN1C(=O)c2ccccc2C1=O)C(=O)OCC. The van der Waals surface area contributed by atoms with E-state index in [1.165, 1.54) is 0 Å². The largest absolute Gasteiger partial charge is 0.466 e. The van der Waals surface area contributed by atoms with E-state index in [4.69, 9.17) is 9.47 Å². The molecule has 1 atom stereocenters. The zero-order valence-electron chi connectivity index (χ0n) is 17.6. The quantitative estimate of drug-likeness (QED) is 0.455. The summed E-state index contributed by atoms with van der Waals surface area (Å²) < 4.78 is 10.4. The highest BCUT2D eigenvalue weighted by Gasteiger charge is 2.48. The molecule has 0 radical (unpaired) electrons. The Labute approximate surface area is 180 Å². The second-order valence-corrected chi connectivity index (χ2v) is 7.39. The minimum absolute atomic E-state index is 0.0975. The number of carbonyl (C=O) groups excluding carboxylic acids is 4. The van der Waals surface area contributed by atoms with Crippen molar-refractivity contribution in [2.24, 2.45) is 5.41 Å². The monoisotopic (exact) mass is 423 g/mol. The van der Waals surface area contributed by atoms with Gasteiger partial charge in [-0.15, -0.1) is 0 Å². The van der Waals surface area contributed by atoms with Gasteiger partial charge in [0.2, 0.25) is 0 Å². The van der Waals surface area contributed by atoms with E-state index >= 15 is 0 Å². The number of benzene rings is 2. The molecule has 2 aromatic carbocycles. The van der Waals surface area contributed by atoms with E-state index in [9.17, 15) is 19.2 Å². The Bertz CT molecular complexity index is 952. The highest BCUT2D eigenvalue weighted by molar-refractivity contribution is 6.21. The van der Waals surface area contributed by atoms with Crippen LogP contribution in [-0.2, 0) is 25.5 Å². The van der Waals surface area contributed by atoms with Crippen molar-refractivity contribution in [2.45, 2.75) is 26.7 Å². The number of hydrogen-bond acceptors (Lipinski definition) is 6. The summed E-state index contributed by atoms with van der Waals surface area (Å²) in [5.41, 5.74) is -0.143. The van der Waals surface area contributed by atoms with Crippen LogP contribution in [0.15, 0.2) is 54.6 Å². The van der Waals surface area contributed by atoms with Crippen LogP contribution in [0.3, 0.4) is 0 Å². The predicted octanol–water partition coefficient (Wildman–Crippen LogP) is 3.03. The van der Waals surface area contributed by atoms with Crippen molar-refractivity contribution >= 4 is 23.8 Å². The van der Waals surface area contributed by atoms with Crippen molar-refractivity contribution in [2.75, 3.05) is 19.8 Å². The number of fused-ring (bicyclic) bond motifs is 1. The summed E-state index contributed by atoms with van der Waals surface area (Å²) in [5, 5.41) is 0. The van der Waals surface area contributed by atoms with E-state index in [0.717, 1.165) is 10.5 Å². The Morgan fingerprint density at radius 1 is 0.839 bits per heavy atom. The van der Waals surface area contributed by atoms with Gasteiger partial charge in [-0.05, 0) is 38.0 Å². The van der Waals surface area contributed by atoms with E-state index < -0.39 is 29.2 Å². The fourth-order valence-electron chi connectivity index (χ4n) is 3.83. The summed E-state index contributed by atoms with van der Waals surface area (Å²) in [5.74, 6) is -2.23. The van der Waals surface area contributed by atoms with Crippen LogP contribution in [0.5, 0.6) is 0 Å². The van der Waals surface area contributed by atoms with Crippen LogP contribution in [-0.4, -0.2) is 48.4 Å². The number of esters is 2. The third-order valence-corrected chi connectivity index (χ3v) is 5.22. The fourth-order valence-corrected chi connectivity index (χ4v) is 3.83. The Morgan fingerprint density at radius 2 is 1.39 bits per heavy atom. The summed E-state index contributed by atoms with van der Waals surface area (Å²) in [6, 6.07) is 15.6. The first-order valence-electron chi connectivity index (χ1n) is 10.2. The number of rotatable bonds is 9. The Morgan fingerprint density at radius 3 is 1.94 bits per heavy atom. The van der Waals surface area contributed by atoms with E-state index in [1.54, 1.807) is 38.1 Å². The third-order valence-electron chi connectivity index (χ3n) is 5.22. The molecule has 0 fully saturated rings. The molecular weight excluding hydrogens is 398 g/mol. The lowest BCUT2D eigenvalue weighted by Gasteiger charge is -2.33. The number of imide groups is 1. The maximum atomic E-state index is 13.2. The summed E-state index contributed by atoms with van der Waals surface area (Å²) in [6.07, 6.45) is -0.207. The fraction of sp³-hybridized carbons (Fsp3) is 0.333. The molecule has 0 saturated carbocycles. The molecule has 7 heteroatoms. The summed E-state index contributed by atoms with van der Waals surface area (Å²) in [7, 11) is 0. The standard InChI is InChI=1S/C24H25NO6/c1-3-30-20(26)15-24(23(29)31-4-2,14-17-10-6-5-7-11-17)16-25-21(27)18-12-8-9-13-19(18)22(25)28/h5-13H,3-4,14-16H2,1-2H3. The zero-order valence-corrected chi connectivity index (χ0v) is 17.6. The van der Waals surface area contributed by atoms with Gasteiger partial charge in [-0.3, -0.25) is 24.1 Å². The molecular formula is C24H25NO6. The lowest BCUT2D eigenvalue weighted by atomic mass is 9.77. The molecule has 0 saturated heterocycles. The molecule has 7 nitrogen and oxygen atoms in total. The highest BCUT2D eigenvalue weighted by atomic mass is 16.5. The van der Waals surface area contributed by atoms with Gasteiger partial charge in [0.25, 0.3) is 11.8 Å². The van der Waals surface area contributed by atoms with Crippen LogP contribution in [0, 0.1) is 5.41 Å². The van der Waals surface area contributed by atoms with Gasteiger partial charge in [-0.1, -0.05) is 42.5 Å². The molecule has 2 aromatic rings. The first-order chi connectivity index (χ1) is 14.9. The number of nitrogens with zero attached hydrogens (tertiary/aromatic N) is 1. The lowest BCUT2D eigenvalue weighted by molar-refractivity contribution is -0.163. The predicted molar refractivity (Wildman–Crippen MR) is 112 cm³/mol. The molecule has 31 heavy (non-hydrogen) atoms. The van der Waals surface area contributed by atoms with Crippen LogP contribution in [0.25, 0.3) is 0 Å². The van der Waals surface area contributed by atoms with Gasteiger partial charge in [0, 0.05) is 6.54 Å². The molecule has 1 aliphatic rings. The molecule has 0 N–H and O–H groups in total. The van der Waals surface area contributed by atoms with Gasteiger partial charge in [0.15, 0.2) is 0 Å². The molecule has 0 aromatic heterocycles. The minimum Gasteiger partial charge on any atom is -0.466 e. The van der Waals surface area contributed by atoms with Crippen molar-refractivity contribution in [3.05, 3.63) is 71.3 Å². The molecule has 0 spiro atoms. The van der Waals surface area contributed by atoms with Gasteiger partial charge in [0.05, 0.1) is 30.8 Å². The molecule has 1 aliphatic heterocycles. The highest BCUT2D eigenvalue weighted by Crippen LogP contribution is 2.34. The number of hydrogen-bond donors (Lipinski definition) is 0. The Hall–Kier alpha value is -3.48. The first kappa shape index (κ1) is 22.2. The van der Waals surface area contributed by atoms with E-state index in [0.29, 0.717) is 0 Å². The average molecular weight is 423 g/mol. The molecule has 1 unspecified atom stereocenters. The number of ether oxygens (including phenoxy) is 2. The smallest absolute Gasteiger partial charge is 0.314 e. The normalized spacial score (nSPS) is 14.7. The molecule has 0 bridgehead atoms. The number of carbonyl (C=O) groups is 4. The number of amides is 2. The second-order valence-electron chi connectivity index (χ2n) is 7.39. The van der Waals surface area contributed by atoms with Gasteiger partial charge in [0.1, 0.15) is 5.41 Å². The van der Waals surface area contributed by atoms with Crippen LogP contribution < -0.4 is 0 Å². The van der Waals surface area contributed by atoms with Crippen molar-refractivity contribution < 1.29 is 28.7 Å². The molecule has 1 heterocycles. The van der Waals surface area contributed by atoms with Crippen molar-refractivity contribution in [3.8, 4) is 0 Å². The average Bonchev–Trinajstić information content (AvgIpc) is 2.99. The van der Waals surface area contributed by atoms with Gasteiger partial charge in [-0.25, -0.2) is 0 Å². The van der Waals surface area contributed by atoms with Crippen LogP contribution >= 0.6 is 0 Å². The second kappa shape index (κ2) is 9.55. The molecule has 0 aliphatic carbocycles. The summed E-state index contributed by atoms with van der Waals surface area (Å²) >= 11 is 0. The van der Waals surface area contributed by atoms with Crippen LogP contribution in [0.2, 0.25) is 0 Å². The van der Waals surface area contributed by atoms with Crippen molar-refractivity contribution in [1.29, 1.82) is 0 Å². The van der Waals surface area contributed by atoms with Crippen molar-refractivity contribution in [3.63, 3.8) is 0 Å². The molecule has 3 rings (SSSR count). The van der Waals surface area contributed by atoms with Gasteiger partial charge >= 0.3 is 11.9 Å². The maximum absolute atomic E-state index is 13.2. The summed E-state index contributed by atoms with van der Waals surface area (Å²) in [4.78, 5) is 52.7. The van der Waals surface area contributed by atoms with E-state index in [2.05, 4.69) is 0 Å². The Kier molecular flexibility index (Phi) is 6.84. The first-order valence-corrected chi connectivity index (χ1v) is 10.2. The summed E-state index contributed by atoms with van der Waals surface area (Å²) in [6.45, 7) is 3.30. The van der Waals surface area contributed by atoms with E-state index in [-0.39, 0.29) is 43.7 Å². The minimum atomic E-state index is -1.48. The van der Waals surface area contributed by atoms with Gasteiger partial charge in [-0.2, -0.15) is 0 Å². The topological polar surface area (TPSA) is 90.0 Å². The zero-order chi connectivity index (χ0) is 22.4. The molecule has 162 valence electrons. The lowest BCUT2D eigenvalue weighted by Crippen LogP contribution is -2.49. The third kappa shape index (κ3) is 4.66. The van der Waals surface area contributed by atoms with Crippen LogP contribution in [0.1, 0.15) is 46.5 Å². The molecule has 2 amide bonds. The van der Waals surface area contributed by atoms with Gasteiger partial charge < -0.3 is 9.47 Å². The Balaban J connectivity index is 2.02.